The summed E-state index contributed by atoms with van der Waals surface area (Å²) in [5.41, 5.74) is 2.93. The average Bonchev–Trinajstić information content (AvgIpc) is 2.01. The quantitative estimate of drug-likeness (QED) is 0.436. The standard InChI is InChI=1S/C12H16/c1-6-8-12(9-10(3)4)11(5)7-2/h2,9H,3,5-6,8H2,1,4H3/b12-9-. The highest BCUT2D eigenvalue weighted by Crippen LogP contribution is 2.15. The molecule has 0 rings (SSSR count). The molecule has 0 aliphatic rings. The largest absolute Gasteiger partial charge is 0.115 e. The summed E-state index contributed by atoms with van der Waals surface area (Å²) in [4.78, 5) is 0. The van der Waals surface area contributed by atoms with Crippen molar-refractivity contribution in [2.45, 2.75) is 26.7 Å². The van der Waals surface area contributed by atoms with Gasteiger partial charge in [-0.15, -0.1) is 6.42 Å². The van der Waals surface area contributed by atoms with Crippen LogP contribution in [0.15, 0.2) is 36.0 Å². The second-order valence-corrected chi connectivity index (χ2v) is 2.89. The minimum atomic E-state index is 0.778. The fourth-order valence-electron chi connectivity index (χ4n) is 0.970. The number of allylic oxidation sites excluding steroid dienone is 4. The van der Waals surface area contributed by atoms with Crippen molar-refractivity contribution in [1.82, 2.24) is 0 Å². The second kappa shape index (κ2) is 5.43. The molecule has 0 fully saturated rings. The van der Waals surface area contributed by atoms with Gasteiger partial charge in [-0.1, -0.05) is 44.1 Å². The van der Waals surface area contributed by atoms with Crippen LogP contribution < -0.4 is 0 Å². The van der Waals surface area contributed by atoms with Crippen molar-refractivity contribution in [2.75, 3.05) is 0 Å². The lowest BCUT2D eigenvalue weighted by Crippen LogP contribution is -1.86. The third kappa shape index (κ3) is 3.83. The molecule has 0 bridgehead atoms. The summed E-state index contributed by atoms with van der Waals surface area (Å²) in [6, 6.07) is 0. The van der Waals surface area contributed by atoms with Gasteiger partial charge >= 0.3 is 0 Å². The molecule has 0 saturated carbocycles. The van der Waals surface area contributed by atoms with Gasteiger partial charge in [-0.2, -0.15) is 0 Å². The first kappa shape index (κ1) is 10.8. The van der Waals surface area contributed by atoms with Gasteiger partial charge in [-0.25, -0.2) is 0 Å². The average molecular weight is 160 g/mol. The van der Waals surface area contributed by atoms with Gasteiger partial charge in [0.15, 0.2) is 0 Å². The lowest BCUT2D eigenvalue weighted by Gasteiger charge is -2.03. The molecule has 0 unspecified atom stereocenters. The van der Waals surface area contributed by atoms with Crippen molar-refractivity contribution in [3.05, 3.63) is 36.0 Å². The molecule has 64 valence electrons. The number of rotatable bonds is 4. The Bertz CT molecular complexity index is 246. The van der Waals surface area contributed by atoms with E-state index in [-0.39, 0.29) is 0 Å². The Kier molecular flexibility index (Phi) is 4.88. The number of terminal acetylenes is 1. The van der Waals surface area contributed by atoms with Crippen molar-refractivity contribution < 1.29 is 0 Å². The zero-order valence-corrected chi connectivity index (χ0v) is 7.98. The van der Waals surface area contributed by atoms with Gasteiger partial charge in [0.25, 0.3) is 0 Å². The second-order valence-electron chi connectivity index (χ2n) is 2.89. The molecule has 0 aliphatic heterocycles. The Hall–Kier alpha value is -1.22. The Morgan fingerprint density at radius 3 is 2.42 bits per heavy atom. The zero-order chi connectivity index (χ0) is 9.56. The lowest BCUT2D eigenvalue weighted by atomic mass is 10.0. The molecule has 12 heavy (non-hydrogen) atoms. The topological polar surface area (TPSA) is 0 Å². The molecule has 0 nitrogen and oxygen atoms in total. The number of hydrogen-bond donors (Lipinski definition) is 0. The SMILES string of the molecule is C#CC(=C)/C(=C\C(=C)C)CCC. The van der Waals surface area contributed by atoms with E-state index in [1.165, 1.54) is 0 Å². The van der Waals surface area contributed by atoms with E-state index in [0.29, 0.717) is 0 Å². The molecule has 0 saturated heterocycles. The van der Waals surface area contributed by atoms with Crippen LogP contribution in [0.4, 0.5) is 0 Å². The van der Waals surface area contributed by atoms with E-state index < -0.39 is 0 Å². The van der Waals surface area contributed by atoms with Crippen LogP contribution in [0.3, 0.4) is 0 Å². The zero-order valence-electron chi connectivity index (χ0n) is 7.98. The van der Waals surface area contributed by atoms with Crippen LogP contribution in [0.1, 0.15) is 26.7 Å². The molecule has 0 spiro atoms. The van der Waals surface area contributed by atoms with Crippen LogP contribution in [0.25, 0.3) is 0 Å². The van der Waals surface area contributed by atoms with E-state index in [1.807, 2.05) is 13.0 Å². The maximum Gasteiger partial charge on any atom is 0.0202 e. The predicted octanol–water partition coefficient (Wildman–Crippen LogP) is 3.48. The van der Waals surface area contributed by atoms with Crippen LogP contribution in [-0.2, 0) is 0 Å². The summed E-state index contributed by atoms with van der Waals surface area (Å²) in [6.45, 7) is 11.7. The van der Waals surface area contributed by atoms with Gasteiger partial charge in [0.1, 0.15) is 0 Å². The van der Waals surface area contributed by atoms with Crippen molar-refractivity contribution in [1.29, 1.82) is 0 Å². The fourth-order valence-corrected chi connectivity index (χ4v) is 0.970. The van der Waals surface area contributed by atoms with Gasteiger partial charge in [0, 0.05) is 5.57 Å². The molecule has 0 radical (unpaired) electrons. The molecule has 0 atom stereocenters. The molecule has 0 heterocycles. The first-order valence-electron chi connectivity index (χ1n) is 4.13. The van der Waals surface area contributed by atoms with Gasteiger partial charge in [-0.3, -0.25) is 0 Å². The number of hydrogen-bond acceptors (Lipinski definition) is 0. The van der Waals surface area contributed by atoms with E-state index in [0.717, 1.165) is 29.6 Å². The van der Waals surface area contributed by atoms with Crippen LogP contribution in [0.5, 0.6) is 0 Å². The summed E-state index contributed by atoms with van der Waals surface area (Å²) in [5.74, 6) is 2.55. The van der Waals surface area contributed by atoms with Crippen molar-refractivity contribution >= 4 is 0 Å². The van der Waals surface area contributed by atoms with E-state index in [2.05, 4.69) is 26.0 Å². The van der Waals surface area contributed by atoms with Crippen LogP contribution in [0, 0.1) is 12.3 Å². The molecular formula is C12H16. The van der Waals surface area contributed by atoms with E-state index >= 15 is 0 Å². The minimum Gasteiger partial charge on any atom is -0.115 e. The van der Waals surface area contributed by atoms with Crippen LogP contribution >= 0.6 is 0 Å². The summed E-state index contributed by atoms with van der Waals surface area (Å²) in [5, 5.41) is 0. The maximum absolute atomic E-state index is 5.26. The Morgan fingerprint density at radius 2 is 2.08 bits per heavy atom. The van der Waals surface area contributed by atoms with Crippen molar-refractivity contribution in [3.8, 4) is 12.3 Å². The molecular weight excluding hydrogens is 144 g/mol. The lowest BCUT2D eigenvalue weighted by molar-refractivity contribution is 0.919. The highest BCUT2D eigenvalue weighted by Gasteiger charge is 1.97. The van der Waals surface area contributed by atoms with Gasteiger partial charge < -0.3 is 0 Å². The van der Waals surface area contributed by atoms with E-state index in [9.17, 15) is 0 Å². The van der Waals surface area contributed by atoms with E-state index in [4.69, 9.17) is 6.42 Å². The van der Waals surface area contributed by atoms with Crippen LogP contribution in [-0.4, -0.2) is 0 Å². The molecule has 0 heteroatoms. The molecule has 0 aromatic rings. The van der Waals surface area contributed by atoms with Gasteiger partial charge in [0.05, 0.1) is 0 Å². The molecule has 0 N–H and O–H groups in total. The third-order valence-corrected chi connectivity index (χ3v) is 1.50. The highest BCUT2D eigenvalue weighted by atomic mass is 14.0. The Morgan fingerprint density at radius 1 is 1.50 bits per heavy atom. The predicted molar refractivity (Wildman–Crippen MR) is 55.8 cm³/mol. The summed E-state index contributed by atoms with van der Waals surface area (Å²) < 4.78 is 0. The molecule has 0 aromatic carbocycles. The highest BCUT2D eigenvalue weighted by molar-refractivity contribution is 5.44. The Labute approximate surface area is 75.7 Å². The summed E-state index contributed by atoms with van der Waals surface area (Å²) in [7, 11) is 0. The fraction of sp³-hybridized carbons (Fsp3) is 0.333. The third-order valence-electron chi connectivity index (χ3n) is 1.50. The van der Waals surface area contributed by atoms with Gasteiger partial charge in [0.2, 0.25) is 0 Å². The first-order chi connectivity index (χ1) is 5.61. The molecule has 0 aliphatic carbocycles. The first-order valence-corrected chi connectivity index (χ1v) is 4.13. The van der Waals surface area contributed by atoms with E-state index in [1.54, 1.807) is 0 Å². The Balaban J connectivity index is 4.56. The van der Waals surface area contributed by atoms with Gasteiger partial charge in [-0.05, 0) is 18.9 Å². The maximum atomic E-state index is 5.26. The van der Waals surface area contributed by atoms with Crippen molar-refractivity contribution in [3.63, 3.8) is 0 Å². The normalized spacial score (nSPS) is 10.6. The summed E-state index contributed by atoms with van der Waals surface area (Å²) >= 11 is 0. The molecule has 0 amide bonds. The minimum absolute atomic E-state index is 0.778. The summed E-state index contributed by atoms with van der Waals surface area (Å²) in [6.07, 6.45) is 9.33. The van der Waals surface area contributed by atoms with Crippen molar-refractivity contribution in [2.24, 2.45) is 0 Å². The monoisotopic (exact) mass is 160 g/mol. The van der Waals surface area contributed by atoms with Crippen LogP contribution in [0.2, 0.25) is 0 Å². The smallest absolute Gasteiger partial charge is 0.0202 e. The molecule has 0 aromatic heterocycles.